The van der Waals surface area contributed by atoms with Gasteiger partial charge in [-0.05, 0) is 12.1 Å². The second kappa shape index (κ2) is 3.82. The summed E-state index contributed by atoms with van der Waals surface area (Å²) in [4.78, 5) is 18.3. The average molecular weight is 227 g/mol. The van der Waals surface area contributed by atoms with Crippen LogP contribution in [0.4, 0.5) is 0 Å². The SMILES string of the molecule is NC1CN(C(=O)c2cccc3cccnc23)C1. The van der Waals surface area contributed by atoms with E-state index in [1.165, 1.54) is 0 Å². The molecule has 0 radical (unpaired) electrons. The van der Waals surface area contributed by atoms with Gasteiger partial charge in [0, 0.05) is 30.7 Å². The van der Waals surface area contributed by atoms with Gasteiger partial charge < -0.3 is 10.6 Å². The highest BCUT2D eigenvalue weighted by Gasteiger charge is 2.29. The average Bonchev–Trinajstić information content (AvgIpc) is 2.33. The molecule has 1 aromatic heterocycles. The molecule has 1 aliphatic heterocycles. The van der Waals surface area contributed by atoms with Gasteiger partial charge in [-0.15, -0.1) is 0 Å². The van der Waals surface area contributed by atoms with E-state index in [1.54, 1.807) is 11.1 Å². The lowest BCUT2D eigenvalue weighted by Crippen LogP contribution is -2.57. The number of benzene rings is 1. The molecule has 0 unspecified atom stereocenters. The number of fused-ring (bicyclic) bond motifs is 1. The first kappa shape index (κ1) is 10.2. The Morgan fingerprint density at radius 3 is 2.82 bits per heavy atom. The highest BCUT2D eigenvalue weighted by Crippen LogP contribution is 2.19. The first-order valence-corrected chi connectivity index (χ1v) is 5.64. The third-order valence-electron chi connectivity index (χ3n) is 3.06. The maximum Gasteiger partial charge on any atom is 0.256 e. The highest BCUT2D eigenvalue weighted by atomic mass is 16.2. The van der Waals surface area contributed by atoms with E-state index in [4.69, 9.17) is 5.73 Å². The van der Waals surface area contributed by atoms with Crippen molar-refractivity contribution >= 4 is 16.8 Å². The lowest BCUT2D eigenvalue weighted by Gasteiger charge is -2.36. The quantitative estimate of drug-likeness (QED) is 0.791. The van der Waals surface area contributed by atoms with Crippen molar-refractivity contribution in [3.05, 3.63) is 42.1 Å². The number of nitrogens with zero attached hydrogens (tertiary/aromatic N) is 2. The maximum atomic E-state index is 12.2. The molecule has 0 bridgehead atoms. The summed E-state index contributed by atoms with van der Waals surface area (Å²) in [5.41, 5.74) is 7.11. The molecule has 17 heavy (non-hydrogen) atoms. The van der Waals surface area contributed by atoms with Gasteiger partial charge >= 0.3 is 0 Å². The lowest BCUT2D eigenvalue weighted by molar-refractivity contribution is 0.0610. The summed E-state index contributed by atoms with van der Waals surface area (Å²) in [6, 6.07) is 9.62. The number of nitrogens with two attached hydrogens (primary N) is 1. The Bertz CT molecular complexity index is 570. The minimum atomic E-state index is 0.0241. The molecule has 1 amide bonds. The molecule has 2 heterocycles. The molecule has 2 N–H and O–H groups in total. The van der Waals surface area contributed by atoms with Crippen molar-refractivity contribution in [2.24, 2.45) is 5.73 Å². The van der Waals surface area contributed by atoms with Gasteiger partial charge in [-0.1, -0.05) is 18.2 Å². The normalized spacial score (nSPS) is 15.9. The number of hydrogen-bond acceptors (Lipinski definition) is 3. The topological polar surface area (TPSA) is 59.2 Å². The molecule has 4 heteroatoms. The molecule has 0 saturated carbocycles. The molecular weight excluding hydrogens is 214 g/mol. The van der Waals surface area contributed by atoms with Gasteiger partial charge in [0.2, 0.25) is 0 Å². The highest BCUT2D eigenvalue weighted by molar-refractivity contribution is 6.05. The van der Waals surface area contributed by atoms with Crippen LogP contribution in [0, 0.1) is 0 Å². The molecule has 3 rings (SSSR count). The van der Waals surface area contributed by atoms with Crippen LogP contribution >= 0.6 is 0 Å². The zero-order valence-electron chi connectivity index (χ0n) is 9.34. The largest absolute Gasteiger partial charge is 0.335 e. The number of amides is 1. The Balaban J connectivity index is 2.02. The summed E-state index contributed by atoms with van der Waals surface area (Å²) in [6.45, 7) is 1.28. The number of pyridine rings is 1. The van der Waals surface area contributed by atoms with E-state index < -0.39 is 0 Å². The Kier molecular flexibility index (Phi) is 2.30. The number of rotatable bonds is 1. The van der Waals surface area contributed by atoms with Crippen LogP contribution < -0.4 is 5.73 Å². The zero-order valence-corrected chi connectivity index (χ0v) is 9.34. The summed E-state index contributed by atoms with van der Waals surface area (Å²) in [7, 11) is 0. The minimum Gasteiger partial charge on any atom is -0.335 e. The molecule has 4 nitrogen and oxygen atoms in total. The van der Waals surface area contributed by atoms with Crippen LogP contribution in [0.5, 0.6) is 0 Å². The summed E-state index contributed by atoms with van der Waals surface area (Å²) in [5, 5.41) is 0.989. The molecule has 0 aliphatic carbocycles. The van der Waals surface area contributed by atoms with Crippen LogP contribution in [0.15, 0.2) is 36.5 Å². The van der Waals surface area contributed by atoms with Gasteiger partial charge in [0.15, 0.2) is 0 Å². The fourth-order valence-corrected chi connectivity index (χ4v) is 2.13. The van der Waals surface area contributed by atoms with E-state index >= 15 is 0 Å². The van der Waals surface area contributed by atoms with Crippen molar-refractivity contribution in [2.45, 2.75) is 6.04 Å². The van der Waals surface area contributed by atoms with Crippen molar-refractivity contribution in [2.75, 3.05) is 13.1 Å². The number of carbonyl (C=O) groups excluding carboxylic acids is 1. The summed E-state index contributed by atoms with van der Waals surface area (Å²) in [5.74, 6) is 0.0241. The standard InChI is InChI=1S/C13H13N3O/c14-10-7-16(8-10)13(17)11-5-1-3-9-4-2-6-15-12(9)11/h1-6,10H,7-8,14H2. The maximum absolute atomic E-state index is 12.2. The number of carbonyl (C=O) groups is 1. The van der Waals surface area contributed by atoms with E-state index in [2.05, 4.69) is 4.98 Å². The van der Waals surface area contributed by atoms with Gasteiger partial charge in [0.1, 0.15) is 0 Å². The monoisotopic (exact) mass is 227 g/mol. The first-order valence-electron chi connectivity index (χ1n) is 5.64. The minimum absolute atomic E-state index is 0.0241. The van der Waals surface area contributed by atoms with Gasteiger partial charge in [0.25, 0.3) is 5.91 Å². The third-order valence-corrected chi connectivity index (χ3v) is 3.06. The molecule has 2 aromatic rings. The van der Waals surface area contributed by atoms with Gasteiger partial charge in [-0.3, -0.25) is 9.78 Å². The van der Waals surface area contributed by atoms with E-state index in [1.807, 2.05) is 30.3 Å². The molecule has 1 saturated heterocycles. The van der Waals surface area contributed by atoms with Gasteiger partial charge in [0.05, 0.1) is 11.1 Å². The van der Waals surface area contributed by atoms with E-state index in [0.717, 1.165) is 10.9 Å². The first-order chi connectivity index (χ1) is 8.25. The van der Waals surface area contributed by atoms with Gasteiger partial charge in [-0.2, -0.15) is 0 Å². The Labute approximate surface area is 99.0 Å². The van der Waals surface area contributed by atoms with Gasteiger partial charge in [-0.25, -0.2) is 0 Å². The molecule has 0 atom stereocenters. The third kappa shape index (κ3) is 1.66. The number of likely N-dealkylation sites (tertiary alicyclic amines) is 1. The van der Waals surface area contributed by atoms with Crippen molar-refractivity contribution < 1.29 is 4.79 Å². The Morgan fingerprint density at radius 1 is 1.29 bits per heavy atom. The van der Waals surface area contributed by atoms with E-state index in [0.29, 0.717) is 18.7 Å². The molecule has 86 valence electrons. The number of hydrogen-bond donors (Lipinski definition) is 1. The van der Waals surface area contributed by atoms with E-state index in [-0.39, 0.29) is 11.9 Å². The molecule has 1 aliphatic rings. The molecular formula is C13H13N3O. The predicted molar refractivity (Wildman–Crippen MR) is 65.6 cm³/mol. The Hall–Kier alpha value is -1.94. The molecule has 1 fully saturated rings. The lowest BCUT2D eigenvalue weighted by atomic mass is 10.0. The van der Waals surface area contributed by atoms with Crippen molar-refractivity contribution in [3.8, 4) is 0 Å². The Morgan fingerprint density at radius 2 is 2.06 bits per heavy atom. The van der Waals surface area contributed by atoms with Crippen LogP contribution in [-0.4, -0.2) is 34.9 Å². The summed E-state index contributed by atoms with van der Waals surface area (Å²) < 4.78 is 0. The van der Waals surface area contributed by atoms with Crippen LogP contribution in [0.3, 0.4) is 0 Å². The summed E-state index contributed by atoms with van der Waals surface area (Å²) >= 11 is 0. The summed E-state index contributed by atoms with van der Waals surface area (Å²) in [6.07, 6.45) is 1.71. The van der Waals surface area contributed by atoms with Crippen molar-refractivity contribution in [3.63, 3.8) is 0 Å². The van der Waals surface area contributed by atoms with Crippen molar-refractivity contribution in [1.82, 2.24) is 9.88 Å². The fourth-order valence-electron chi connectivity index (χ4n) is 2.13. The van der Waals surface area contributed by atoms with Crippen LogP contribution in [-0.2, 0) is 0 Å². The fraction of sp³-hybridized carbons (Fsp3) is 0.231. The van der Waals surface area contributed by atoms with Crippen molar-refractivity contribution in [1.29, 1.82) is 0 Å². The second-order valence-electron chi connectivity index (χ2n) is 4.35. The predicted octanol–water partition coefficient (Wildman–Crippen LogP) is 1.02. The second-order valence-corrected chi connectivity index (χ2v) is 4.35. The smallest absolute Gasteiger partial charge is 0.256 e. The molecule has 1 aromatic carbocycles. The number of aromatic nitrogens is 1. The number of para-hydroxylation sites is 1. The zero-order chi connectivity index (χ0) is 11.8. The molecule has 0 spiro atoms. The van der Waals surface area contributed by atoms with Crippen LogP contribution in [0.1, 0.15) is 10.4 Å². The van der Waals surface area contributed by atoms with E-state index in [9.17, 15) is 4.79 Å². The van der Waals surface area contributed by atoms with Crippen LogP contribution in [0.25, 0.3) is 10.9 Å². The van der Waals surface area contributed by atoms with Crippen LogP contribution in [0.2, 0.25) is 0 Å².